The van der Waals surface area contributed by atoms with Crippen LogP contribution in [-0.2, 0) is 14.3 Å². The van der Waals surface area contributed by atoms with E-state index in [2.05, 4.69) is 67.8 Å². The van der Waals surface area contributed by atoms with Gasteiger partial charge in [-0.1, -0.05) is 351 Å². The van der Waals surface area contributed by atoms with Crippen molar-refractivity contribution in [2.45, 2.75) is 416 Å². The zero-order chi connectivity index (χ0) is 62.8. The maximum atomic E-state index is 13.1. The van der Waals surface area contributed by atoms with Gasteiger partial charge in [-0.25, -0.2) is 0 Å². The Hall–Kier alpha value is -2.11. The Labute approximate surface area is 538 Å². The number of aliphatic hydroxyl groups excluding tert-OH is 5. The monoisotopic (exact) mass is 1220 g/mol. The number of allylic oxidation sites excluding steroid dienone is 9. The summed E-state index contributed by atoms with van der Waals surface area (Å²) in [5, 5.41) is 54.8. The molecule has 1 rings (SSSR count). The van der Waals surface area contributed by atoms with Crippen molar-refractivity contribution >= 4 is 5.91 Å². The summed E-state index contributed by atoms with van der Waals surface area (Å²) in [6.07, 6.45) is 86.4. The van der Waals surface area contributed by atoms with Crippen LogP contribution in [0, 0.1) is 0 Å². The van der Waals surface area contributed by atoms with Crippen molar-refractivity contribution in [1.29, 1.82) is 0 Å². The minimum atomic E-state index is -1.58. The fourth-order valence-electron chi connectivity index (χ4n) is 12.1. The third-order valence-electron chi connectivity index (χ3n) is 18.0. The van der Waals surface area contributed by atoms with Crippen molar-refractivity contribution in [2.75, 3.05) is 13.2 Å². The van der Waals surface area contributed by atoms with Crippen LogP contribution >= 0.6 is 0 Å². The number of hydrogen-bond donors (Lipinski definition) is 6. The van der Waals surface area contributed by atoms with Crippen molar-refractivity contribution in [3.63, 3.8) is 0 Å². The summed E-state index contributed by atoms with van der Waals surface area (Å²) in [6, 6.07) is -0.831. The van der Waals surface area contributed by atoms with Gasteiger partial charge in [0.1, 0.15) is 24.4 Å². The third kappa shape index (κ3) is 55.3. The predicted molar refractivity (Wildman–Crippen MR) is 373 cm³/mol. The van der Waals surface area contributed by atoms with Crippen molar-refractivity contribution < 1.29 is 39.8 Å². The van der Waals surface area contributed by atoms with Gasteiger partial charge in [-0.15, -0.1) is 0 Å². The van der Waals surface area contributed by atoms with Gasteiger partial charge in [0.05, 0.1) is 25.4 Å². The standard InChI is InChI=1S/C78H145NO8/c1-3-5-7-9-11-13-15-17-19-21-23-25-27-29-31-33-35-36-38-40-42-44-46-48-50-52-54-56-58-60-62-64-66-68-74(82)79-71(70-86-78-77(85)76(84)75(83)73(69-80)87-78)72(81)67-65-63-61-59-57-55-53-51-49-47-45-43-41-39-37-34-32-30-28-26-24-22-20-18-16-14-12-10-8-6-4-2/h15,17,21,23,49,51,57,59,65,67,71-73,75-78,80-81,83-85H,3-14,16,18-20,22,24-48,50,52-56,58,60-64,66,68-70H2,1-2H3,(H,79,82)/b17-15-,23-21-,51-49+,59-57+,67-65+. The fourth-order valence-corrected chi connectivity index (χ4v) is 12.1. The molecule has 1 saturated heterocycles. The average Bonchev–Trinajstić information content (AvgIpc) is 3.38. The zero-order valence-electron chi connectivity index (χ0n) is 57.3. The Kier molecular flexibility index (Phi) is 63.7. The molecule has 1 aliphatic rings. The number of nitrogens with one attached hydrogen (secondary N) is 1. The second-order valence-corrected chi connectivity index (χ2v) is 26.4. The number of unbranched alkanes of at least 4 members (excludes halogenated alkanes) is 49. The summed E-state index contributed by atoms with van der Waals surface area (Å²) in [5.74, 6) is -0.185. The molecule has 1 fully saturated rings. The number of carbonyl (C=O) groups excluding carboxylic acids is 1. The largest absolute Gasteiger partial charge is 0.394 e. The van der Waals surface area contributed by atoms with Crippen molar-refractivity contribution in [3.05, 3.63) is 60.8 Å². The highest BCUT2D eigenvalue weighted by atomic mass is 16.7. The highest BCUT2D eigenvalue weighted by Crippen LogP contribution is 2.24. The van der Waals surface area contributed by atoms with E-state index in [9.17, 15) is 30.3 Å². The molecule has 9 heteroatoms. The zero-order valence-corrected chi connectivity index (χ0v) is 57.3. The summed E-state index contributed by atoms with van der Waals surface area (Å²) >= 11 is 0. The molecule has 0 aromatic rings. The van der Waals surface area contributed by atoms with E-state index in [1.165, 1.54) is 302 Å². The van der Waals surface area contributed by atoms with Crippen LogP contribution in [0.1, 0.15) is 373 Å². The van der Waals surface area contributed by atoms with Crippen molar-refractivity contribution in [2.24, 2.45) is 0 Å². The average molecular weight is 1230 g/mol. The van der Waals surface area contributed by atoms with Gasteiger partial charge in [-0.2, -0.15) is 0 Å². The van der Waals surface area contributed by atoms with Gasteiger partial charge in [0.25, 0.3) is 0 Å². The van der Waals surface area contributed by atoms with E-state index in [0.717, 1.165) is 51.4 Å². The summed E-state index contributed by atoms with van der Waals surface area (Å²) in [7, 11) is 0. The van der Waals surface area contributed by atoms with Gasteiger partial charge in [-0.05, 0) is 77.0 Å². The molecular formula is C78H145NO8. The van der Waals surface area contributed by atoms with Crippen LogP contribution in [-0.4, -0.2) is 87.5 Å². The SMILES string of the molecule is CCCCCCC/C=C\C/C=C\CCCCCCCCCCCCCCCCCCCCCCCC(=O)NC(COC1OC(CO)C(O)C(O)C1O)C(O)/C=C/CC/C=C/CC/C=C/CCCCCCCCCCCCCCCCCCCCCCC. The van der Waals surface area contributed by atoms with E-state index in [1.54, 1.807) is 6.08 Å². The number of aliphatic hydroxyl groups is 5. The number of ether oxygens (including phenoxy) is 2. The Balaban J connectivity index is 2.12. The molecule has 87 heavy (non-hydrogen) atoms. The van der Waals surface area contributed by atoms with Crippen LogP contribution in [0.4, 0.5) is 0 Å². The topological polar surface area (TPSA) is 149 Å². The molecule has 0 radical (unpaired) electrons. The molecule has 0 bridgehead atoms. The maximum Gasteiger partial charge on any atom is 0.220 e. The van der Waals surface area contributed by atoms with E-state index in [-0.39, 0.29) is 12.5 Å². The number of carbonyl (C=O) groups is 1. The molecule has 9 nitrogen and oxygen atoms in total. The van der Waals surface area contributed by atoms with Gasteiger partial charge < -0.3 is 40.3 Å². The summed E-state index contributed by atoms with van der Waals surface area (Å²) in [5.41, 5.74) is 0. The lowest BCUT2D eigenvalue weighted by Crippen LogP contribution is -2.60. The summed E-state index contributed by atoms with van der Waals surface area (Å²) < 4.78 is 11.3. The molecule has 1 aliphatic heterocycles. The van der Waals surface area contributed by atoms with Crippen LogP contribution in [0.3, 0.4) is 0 Å². The first-order valence-electron chi connectivity index (χ1n) is 38.0. The minimum Gasteiger partial charge on any atom is -0.394 e. The first-order valence-corrected chi connectivity index (χ1v) is 38.0. The number of amides is 1. The molecule has 0 saturated carbocycles. The molecule has 7 unspecified atom stereocenters. The highest BCUT2D eigenvalue weighted by molar-refractivity contribution is 5.76. The molecule has 0 aromatic heterocycles. The Morgan fingerprint density at radius 2 is 0.690 bits per heavy atom. The molecule has 0 spiro atoms. The first-order chi connectivity index (χ1) is 42.8. The fraction of sp³-hybridized carbons (Fsp3) is 0.859. The normalized spacial score (nSPS) is 18.3. The van der Waals surface area contributed by atoms with Gasteiger partial charge in [-0.3, -0.25) is 4.79 Å². The van der Waals surface area contributed by atoms with Gasteiger partial charge in [0, 0.05) is 6.42 Å². The van der Waals surface area contributed by atoms with Crippen LogP contribution < -0.4 is 5.32 Å². The molecule has 0 aliphatic carbocycles. The lowest BCUT2D eigenvalue weighted by molar-refractivity contribution is -0.302. The molecule has 7 atom stereocenters. The second-order valence-electron chi connectivity index (χ2n) is 26.4. The molecule has 6 N–H and O–H groups in total. The lowest BCUT2D eigenvalue weighted by Gasteiger charge is -2.40. The Bertz CT molecular complexity index is 1560. The number of hydrogen-bond acceptors (Lipinski definition) is 8. The molecule has 1 heterocycles. The first kappa shape index (κ1) is 82.9. The van der Waals surface area contributed by atoms with Crippen LogP contribution in [0.15, 0.2) is 60.8 Å². The second kappa shape index (κ2) is 66.8. The van der Waals surface area contributed by atoms with E-state index in [4.69, 9.17) is 9.47 Å². The summed E-state index contributed by atoms with van der Waals surface area (Å²) in [6.45, 7) is 3.80. The van der Waals surface area contributed by atoms with Crippen molar-refractivity contribution in [3.8, 4) is 0 Å². The van der Waals surface area contributed by atoms with Crippen LogP contribution in [0.2, 0.25) is 0 Å². The van der Waals surface area contributed by atoms with Crippen LogP contribution in [0.5, 0.6) is 0 Å². The quantitative estimate of drug-likeness (QED) is 0.0261. The summed E-state index contributed by atoms with van der Waals surface area (Å²) in [4.78, 5) is 13.1. The highest BCUT2D eigenvalue weighted by Gasteiger charge is 2.44. The maximum absolute atomic E-state index is 13.1. The lowest BCUT2D eigenvalue weighted by atomic mass is 9.99. The van der Waals surface area contributed by atoms with Gasteiger partial charge in [0.2, 0.25) is 5.91 Å². The smallest absolute Gasteiger partial charge is 0.220 e. The van der Waals surface area contributed by atoms with E-state index < -0.39 is 49.5 Å². The Morgan fingerprint density at radius 1 is 0.391 bits per heavy atom. The van der Waals surface area contributed by atoms with E-state index in [1.807, 2.05) is 6.08 Å². The van der Waals surface area contributed by atoms with E-state index >= 15 is 0 Å². The Morgan fingerprint density at radius 3 is 1.03 bits per heavy atom. The molecule has 1 amide bonds. The molecule has 0 aromatic carbocycles. The molecule has 510 valence electrons. The van der Waals surface area contributed by atoms with Crippen LogP contribution in [0.25, 0.3) is 0 Å². The molecular weight excluding hydrogens is 1080 g/mol. The minimum absolute atomic E-state index is 0.185. The van der Waals surface area contributed by atoms with Gasteiger partial charge in [0.15, 0.2) is 6.29 Å². The van der Waals surface area contributed by atoms with Crippen molar-refractivity contribution in [1.82, 2.24) is 5.32 Å². The number of rotatable bonds is 67. The van der Waals surface area contributed by atoms with Gasteiger partial charge >= 0.3 is 0 Å². The predicted octanol–water partition coefficient (Wildman–Crippen LogP) is 21.3. The van der Waals surface area contributed by atoms with E-state index in [0.29, 0.717) is 6.42 Å². The third-order valence-corrected chi connectivity index (χ3v) is 18.0.